The second-order valence-electron chi connectivity index (χ2n) is 9.82. The van der Waals surface area contributed by atoms with Crippen molar-refractivity contribution in [2.24, 2.45) is 23.2 Å². The number of carbonyl (C=O) groups is 1. The number of carbonyl (C=O) groups excluding carboxylic acids is 1. The Morgan fingerprint density at radius 1 is 1.00 bits per heavy atom. The van der Waals surface area contributed by atoms with Crippen molar-refractivity contribution in [2.45, 2.75) is 104 Å². The molecule has 2 rings (SSSR count). The first kappa shape index (κ1) is 19.0. The van der Waals surface area contributed by atoms with Crippen LogP contribution in [0, 0.1) is 23.2 Å². The fourth-order valence-electron chi connectivity index (χ4n) is 4.68. The topological polar surface area (TPSA) is 29.1 Å². The molecule has 0 bridgehead atoms. The largest absolute Gasteiger partial charge is 0.302 e. The van der Waals surface area contributed by atoms with E-state index in [9.17, 15) is 4.79 Å². The van der Waals surface area contributed by atoms with Crippen LogP contribution < -0.4 is 5.32 Å². The first-order valence-electron chi connectivity index (χ1n) is 9.95. The van der Waals surface area contributed by atoms with E-state index in [0.29, 0.717) is 17.6 Å². The van der Waals surface area contributed by atoms with Crippen LogP contribution in [0.2, 0.25) is 0 Å². The summed E-state index contributed by atoms with van der Waals surface area (Å²) < 4.78 is 0. The smallest absolute Gasteiger partial charge is 0.155 e. The van der Waals surface area contributed by atoms with E-state index in [-0.39, 0.29) is 17.0 Å². The van der Waals surface area contributed by atoms with E-state index in [1.54, 1.807) is 0 Å². The van der Waals surface area contributed by atoms with Gasteiger partial charge in [0.05, 0.1) is 6.04 Å². The summed E-state index contributed by atoms with van der Waals surface area (Å²) in [5, 5.41) is 3.77. The molecule has 0 saturated heterocycles. The van der Waals surface area contributed by atoms with Crippen LogP contribution in [0.4, 0.5) is 0 Å². The van der Waals surface area contributed by atoms with Gasteiger partial charge in [0.25, 0.3) is 0 Å². The summed E-state index contributed by atoms with van der Waals surface area (Å²) in [6.45, 7) is 13.4. The van der Waals surface area contributed by atoms with Crippen LogP contribution in [0.25, 0.3) is 0 Å². The van der Waals surface area contributed by atoms with Crippen LogP contribution in [-0.4, -0.2) is 17.4 Å². The van der Waals surface area contributed by atoms with Crippen LogP contribution in [0.5, 0.6) is 0 Å². The number of Topliss-reactive ketones (excluding diaryl/α,β-unsaturated/α-hetero) is 1. The molecule has 0 amide bonds. The first-order valence-corrected chi connectivity index (χ1v) is 9.95. The molecule has 1 N–H and O–H groups in total. The molecule has 1 atom stereocenters. The molecule has 0 heterocycles. The molecule has 0 aromatic carbocycles. The van der Waals surface area contributed by atoms with E-state index in [4.69, 9.17) is 0 Å². The fraction of sp³-hybridized carbons (Fsp3) is 0.952. The number of hydrogen-bond acceptors (Lipinski definition) is 2. The van der Waals surface area contributed by atoms with Gasteiger partial charge in [-0.15, -0.1) is 0 Å². The van der Waals surface area contributed by atoms with Crippen LogP contribution >= 0.6 is 0 Å². The summed E-state index contributed by atoms with van der Waals surface area (Å²) in [4.78, 5) is 13.4. The van der Waals surface area contributed by atoms with Crippen LogP contribution in [0.3, 0.4) is 0 Å². The van der Waals surface area contributed by atoms with E-state index >= 15 is 0 Å². The number of ketones is 1. The highest BCUT2D eigenvalue weighted by molar-refractivity contribution is 5.89. The van der Waals surface area contributed by atoms with Crippen molar-refractivity contribution >= 4 is 5.78 Å². The monoisotopic (exact) mass is 321 g/mol. The minimum atomic E-state index is -0.189. The Hall–Kier alpha value is -0.370. The highest BCUT2D eigenvalue weighted by atomic mass is 16.1. The number of hydrogen-bond donors (Lipinski definition) is 1. The van der Waals surface area contributed by atoms with Gasteiger partial charge >= 0.3 is 0 Å². The quantitative estimate of drug-likeness (QED) is 0.652. The standard InChI is InChI=1S/C21H39NO/c1-15(2)18(22-20(3,4)14-16-10-9-11-16)19(23)21(5,6)17-12-7-8-13-17/h15-18,22H,7-14H2,1-6H3. The van der Waals surface area contributed by atoms with Gasteiger partial charge in [-0.1, -0.05) is 59.8 Å². The molecule has 0 aromatic rings. The molecule has 134 valence electrons. The van der Waals surface area contributed by atoms with Gasteiger partial charge in [0.15, 0.2) is 5.78 Å². The van der Waals surface area contributed by atoms with Gasteiger partial charge in [-0.2, -0.15) is 0 Å². The highest BCUT2D eigenvalue weighted by Gasteiger charge is 2.43. The summed E-state index contributed by atoms with van der Waals surface area (Å²) in [6.07, 6.45) is 10.4. The molecule has 2 aliphatic carbocycles. The maximum Gasteiger partial charge on any atom is 0.155 e. The van der Waals surface area contributed by atoms with Gasteiger partial charge in [-0.3, -0.25) is 4.79 Å². The second-order valence-corrected chi connectivity index (χ2v) is 9.82. The Balaban J connectivity index is 2.05. The van der Waals surface area contributed by atoms with Gasteiger partial charge in [0.2, 0.25) is 0 Å². The average molecular weight is 322 g/mol. The molecule has 2 aliphatic rings. The van der Waals surface area contributed by atoms with Gasteiger partial charge in [0.1, 0.15) is 0 Å². The van der Waals surface area contributed by atoms with Crippen molar-refractivity contribution in [1.29, 1.82) is 0 Å². The Morgan fingerprint density at radius 2 is 1.57 bits per heavy atom. The lowest BCUT2D eigenvalue weighted by molar-refractivity contribution is -0.133. The molecule has 1 unspecified atom stereocenters. The zero-order valence-electron chi connectivity index (χ0n) is 16.4. The second kappa shape index (κ2) is 7.25. The third-order valence-electron chi connectivity index (χ3n) is 6.53. The molecule has 0 aromatic heterocycles. The SMILES string of the molecule is CC(C)C(NC(C)(C)CC1CCC1)C(=O)C(C)(C)C1CCCC1. The summed E-state index contributed by atoms with van der Waals surface area (Å²) >= 11 is 0. The summed E-state index contributed by atoms with van der Waals surface area (Å²) in [6, 6.07) is -0.0133. The van der Waals surface area contributed by atoms with E-state index in [1.807, 2.05) is 0 Å². The molecule has 0 spiro atoms. The molecule has 23 heavy (non-hydrogen) atoms. The Labute approximate surface area is 144 Å². The molecular formula is C21H39NO. The number of rotatable bonds is 8. The Kier molecular flexibility index (Phi) is 5.98. The third-order valence-corrected chi connectivity index (χ3v) is 6.53. The lowest BCUT2D eigenvalue weighted by Crippen LogP contribution is -2.56. The number of nitrogens with one attached hydrogen (secondary N) is 1. The first-order chi connectivity index (χ1) is 10.6. The average Bonchev–Trinajstić information content (AvgIpc) is 2.94. The molecule has 2 fully saturated rings. The molecule has 0 radical (unpaired) electrons. The van der Waals surface area contributed by atoms with Crippen molar-refractivity contribution in [1.82, 2.24) is 5.32 Å². The molecule has 2 saturated carbocycles. The maximum atomic E-state index is 13.4. The minimum absolute atomic E-state index is 0.0133. The van der Waals surface area contributed by atoms with Gasteiger partial charge in [0, 0.05) is 11.0 Å². The predicted molar refractivity (Wildman–Crippen MR) is 98.5 cm³/mol. The normalized spacial score (nSPS) is 22.4. The van der Waals surface area contributed by atoms with Crippen LogP contribution in [0.15, 0.2) is 0 Å². The summed E-state index contributed by atoms with van der Waals surface area (Å²) in [5.41, 5.74) is -0.133. The molecular weight excluding hydrogens is 282 g/mol. The van der Waals surface area contributed by atoms with Crippen molar-refractivity contribution in [3.05, 3.63) is 0 Å². The highest BCUT2D eigenvalue weighted by Crippen LogP contribution is 2.42. The van der Waals surface area contributed by atoms with E-state index in [1.165, 1.54) is 51.4 Å². The third kappa shape index (κ3) is 4.59. The summed E-state index contributed by atoms with van der Waals surface area (Å²) in [7, 11) is 0. The Morgan fingerprint density at radius 3 is 2.00 bits per heavy atom. The van der Waals surface area contributed by atoms with Gasteiger partial charge in [-0.05, 0) is 50.9 Å². The van der Waals surface area contributed by atoms with Crippen LogP contribution in [-0.2, 0) is 4.79 Å². The van der Waals surface area contributed by atoms with Crippen molar-refractivity contribution < 1.29 is 4.79 Å². The zero-order chi connectivity index (χ0) is 17.3. The molecule has 2 nitrogen and oxygen atoms in total. The van der Waals surface area contributed by atoms with Gasteiger partial charge in [-0.25, -0.2) is 0 Å². The molecule has 0 aliphatic heterocycles. The predicted octanol–water partition coefficient (Wildman–Crippen LogP) is 5.35. The maximum absolute atomic E-state index is 13.4. The molecule has 2 heteroatoms. The lowest BCUT2D eigenvalue weighted by atomic mass is 9.70. The summed E-state index contributed by atoms with van der Waals surface area (Å²) in [5.74, 6) is 2.24. The van der Waals surface area contributed by atoms with E-state index < -0.39 is 0 Å². The van der Waals surface area contributed by atoms with Gasteiger partial charge < -0.3 is 5.32 Å². The van der Waals surface area contributed by atoms with Crippen molar-refractivity contribution in [2.75, 3.05) is 0 Å². The van der Waals surface area contributed by atoms with Crippen molar-refractivity contribution in [3.8, 4) is 0 Å². The van der Waals surface area contributed by atoms with E-state index in [0.717, 1.165) is 5.92 Å². The zero-order valence-corrected chi connectivity index (χ0v) is 16.4. The van der Waals surface area contributed by atoms with Crippen molar-refractivity contribution in [3.63, 3.8) is 0 Å². The van der Waals surface area contributed by atoms with Crippen LogP contribution in [0.1, 0.15) is 92.9 Å². The minimum Gasteiger partial charge on any atom is -0.302 e. The van der Waals surface area contributed by atoms with E-state index in [2.05, 4.69) is 46.9 Å². The fourth-order valence-corrected chi connectivity index (χ4v) is 4.68. The lowest BCUT2D eigenvalue weighted by Gasteiger charge is -2.41. The Bertz CT molecular complexity index is 400.